The summed E-state index contributed by atoms with van der Waals surface area (Å²) in [7, 11) is 0. The Morgan fingerprint density at radius 3 is 2.28 bits per heavy atom. The van der Waals surface area contributed by atoms with E-state index >= 15 is 0 Å². The van der Waals surface area contributed by atoms with Gasteiger partial charge < -0.3 is 15.8 Å². The Balaban J connectivity index is 1.59. The fourth-order valence-corrected chi connectivity index (χ4v) is 6.16. The first-order valence-corrected chi connectivity index (χ1v) is 16.8. The molecule has 0 saturated heterocycles. The van der Waals surface area contributed by atoms with E-state index in [0.717, 1.165) is 15.9 Å². The summed E-state index contributed by atoms with van der Waals surface area (Å²) in [5, 5.41) is 10.1. The fourth-order valence-electron chi connectivity index (χ4n) is 5.96. The van der Waals surface area contributed by atoms with Gasteiger partial charge in [-0.3, -0.25) is 9.69 Å². The summed E-state index contributed by atoms with van der Waals surface area (Å²) in [6.45, 7) is 6.57. The summed E-state index contributed by atoms with van der Waals surface area (Å²) in [6.07, 6.45) is -1.87. The number of nitrogens with zero attached hydrogens (tertiary/aromatic N) is 7. The Kier molecular flexibility index (Phi) is 10.9. The second-order valence-corrected chi connectivity index (χ2v) is 14.8. The van der Waals surface area contributed by atoms with Crippen molar-refractivity contribution in [2.75, 3.05) is 6.61 Å². The van der Waals surface area contributed by atoms with Gasteiger partial charge in [-0.1, -0.05) is 62.7 Å². The number of amides is 2. The molecule has 4 aromatic rings. The summed E-state index contributed by atoms with van der Waals surface area (Å²) in [5.74, 6) is -1.52. The lowest BCUT2D eigenvalue weighted by atomic mass is 9.75. The highest BCUT2D eigenvalue weighted by molar-refractivity contribution is 6.32. The number of nitrogens with one attached hydrogen (secondary N) is 1. The Morgan fingerprint density at radius 2 is 1.70 bits per heavy atom. The van der Waals surface area contributed by atoms with Gasteiger partial charge >= 0.3 is 12.6 Å². The third-order valence-corrected chi connectivity index (χ3v) is 9.18. The summed E-state index contributed by atoms with van der Waals surface area (Å²) in [4.78, 5) is 37.5. The van der Waals surface area contributed by atoms with Gasteiger partial charge in [-0.05, 0) is 61.4 Å². The van der Waals surface area contributed by atoms with Gasteiger partial charge in [0.25, 0.3) is 12.3 Å². The van der Waals surface area contributed by atoms with Crippen molar-refractivity contribution in [2.24, 2.45) is 16.1 Å². The molecule has 12 nitrogen and oxygen atoms in total. The van der Waals surface area contributed by atoms with E-state index in [1.54, 1.807) is 24.3 Å². The predicted molar refractivity (Wildman–Crippen MR) is 186 cm³/mol. The van der Waals surface area contributed by atoms with Gasteiger partial charge in [-0.25, -0.2) is 37.3 Å². The van der Waals surface area contributed by atoms with Gasteiger partial charge in [0.2, 0.25) is 0 Å². The van der Waals surface area contributed by atoms with Crippen LogP contribution in [0, 0.1) is 5.41 Å². The lowest BCUT2D eigenvalue weighted by Crippen LogP contribution is -2.51. The minimum atomic E-state index is -3.01. The predicted octanol–water partition coefficient (Wildman–Crippen LogP) is 7.51. The first-order chi connectivity index (χ1) is 24.7. The molecule has 2 amide bonds. The van der Waals surface area contributed by atoms with Crippen LogP contribution in [0.4, 0.5) is 26.7 Å². The van der Waals surface area contributed by atoms with E-state index in [1.807, 2.05) is 20.8 Å². The van der Waals surface area contributed by atoms with E-state index < -0.39 is 66.1 Å². The Hall–Kier alpha value is -5.06. The van der Waals surface area contributed by atoms with Gasteiger partial charge in [-0.2, -0.15) is 19.0 Å². The molecular weight excluding hydrogens is 725 g/mol. The molecule has 1 unspecified atom stereocenters. The zero-order valence-electron chi connectivity index (χ0n) is 29.7. The van der Waals surface area contributed by atoms with Crippen molar-refractivity contribution >= 4 is 29.6 Å². The minimum absolute atomic E-state index is 0.00679. The number of rotatable bonds is 12. The SMILES string of the molecule is CC(F)C(C)(C)NC(=O)OC[C@H](c1ccc(Cl)c(-n2ncnc2C(F)F)c1)N1C(=O)[C@@](CC(C)(C)C)(c2ccc(-c3cnn(C(F)F)c3)cc2)N=C1N. The van der Waals surface area contributed by atoms with Gasteiger partial charge in [0.05, 0.1) is 28.5 Å². The highest BCUT2D eigenvalue weighted by Gasteiger charge is 2.53. The highest BCUT2D eigenvalue weighted by atomic mass is 35.5. The average Bonchev–Trinajstić information content (AvgIpc) is 3.81. The molecule has 53 heavy (non-hydrogen) atoms. The molecule has 3 atom stereocenters. The molecule has 2 aromatic heterocycles. The highest BCUT2D eigenvalue weighted by Crippen LogP contribution is 2.45. The largest absolute Gasteiger partial charge is 0.447 e. The van der Waals surface area contributed by atoms with Crippen molar-refractivity contribution < 1.29 is 36.3 Å². The van der Waals surface area contributed by atoms with Crippen molar-refractivity contribution in [3.8, 4) is 16.8 Å². The molecule has 0 fully saturated rings. The number of hydrogen-bond acceptors (Lipinski definition) is 8. The third-order valence-electron chi connectivity index (χ3n) is 8.86. The molecule has 0 saturated carbocycles. The minimum Gasteiger partial charge on any atom is -0.447 e. The summed E-state index contributed by atoms with van der Waals surface area (Å²) in [6, 6.07) is 9.68. The van der Waals surface area contributed by atoms with Crippen LogP contribution in [0.25, 0.3) is 16.8 Å². The number of aliphatic imine (C=N–C) groups is 1. The third kappa shape index (κ3) is 8.14. The molecule has 2 aromatic carbocycles. The summed E-state index contributed by atoms with van der Waals surface area (Å²) in [5.41, 5.74) is 4.80. The molecule has 0 bridgehead atoms. The number of carbonyl (C=O) groups is 2. The molecule has 18 heteroatoms. The molecule has 1 aliphatic rings. The second kappa shape index (κ2) is 14.8. The lowest BCUT2D eigenvalue weighted by molar-refractivity contribution is -0.135. The van der Waals surface area contributed by atoms with Crippen molar-refractivity contribution in [2.45, 2.75) is 84.2 Å². The van der Waals surface area contributed by atoms with Crippen LogP contribution in [-0.2, 0) is 15.1 Å². The van der Waals surface area contributed by atoms with Gasteiger partial charge in [0.15, 0.2) is 17.3 Å². The van der Waals surface area contributed by atoms with Gasteiger partial charge in [0, 0.05) is 11.8 Å². The normalized spacial score (nSPS) is 17.7. The topological polar surface area (TPSA) is 146 Å². The number of aromatic nitrogens is 5. The van der Waals surface area contributed by atoms with Crippen molar-refractivity contribution in [1.82, 2.24) is 34.8 Å². The number of benzene rings is 2. The van der Waals surface area contributed by atoms with Crippen LogP contribution in [0.3, 0.4) is 0 Å². The number of guanidine groups is 1. The summed E-state index contributed by atoms with van der Waals surface area (Å²) >= 11 is 6.45. The number of alkyl carbamates (subject to hydrolysis) is 1. The van der Waals surface area contributed by atoms with Gasteiger partial charge in [-0.15, -0.1) is 0 Å². The van der Waals surface area contributed by atoms with Crippen molar-refractivity contribution in [3.05, 3.63) is 83.2 Å². The Bertz CT molecular complexity index is 1990. The number of carbonyl (C=O) groups excluding carboxylic acids is 2. The standard InChI is InChI=1S/C35H39ClF5N9O3/c1-19(37)34(5,6)47-32(52)53-16-26(21-9-12-24(36)25(13-21)50-28(27(38)39)43-18-45-50)49-29(51)35(46-31(49)42,17-33(2,3)4)23-10-7-20(8-11-23)22-14-44-48(15-22)30(40)41/h7-15,18-19,26-27,30H,16-17H2,1-6H3,(H2,42,46)(H,47,52)/t19?,26-,35-/m1/s1. The molecule has 5 rings (SSSR count). The van der Waals surface area contributed by atoms with Crippen LogP contribution in [-0.4, -0.2) is 65.7 Å². The smallest absolute Gasteiger partial charge is 0.407 e. The van der Waals surface area contributed by atoms with Crippen molar-refractivity contribution in [3.63, 3.8) is 0 Å². The molecular formula is C35H39ClF5N9O3. The molecule has 1 aliphatic heterocycles. The lowest BCUT2D eigenvalue weighted by Gasteiger charge is -2.35. The van der Waals surface area contributed by atoms with E-state index in [2.05, 4.69) is 20.5 Å². The zero-order chi connectivity index (χ0) is 39.0. The Labute approximate surface area is 307 Å². The molecule has 0 spiro atoms. The van der Waals surface area contributed by atoms with Crippen LogP contribution < -0.4 is 11.1 Å². The van der Waals surface area contributed by atoms with Gasteiger partial charge in [0.1, 0.15) is 19.1 Å². The van der Waals surface area contributed by atoms with E-state index in [-0.39, 0.29) is 28.7 Å². The monoisotopic (exact) mass is 763 g/mol. The van der Waals surface area contributed by atoms with E-state index in [1.165, 1.54) is 51.4 Å². The van der Waals surface area contributed by atoms with Crippen LogP contribution >= 0.6 is 11.6 Å². The maximum absolute atomic E-state index is 14.9. The first-order valence-electron chi connectivity index (χ1n) is 16.4. The Morgan fingerprint density at radius 1 is 1.02 bits per heavy atom. The quantitative estimate of drug-likeness (QED) is 0.142. The molecule has 0 radical (unpaired) electrons. The number of ether oxygens (including phenoxy) is 1. The maximum atomic E-state index is 14.9. The number of alkyl halides is 5. The van der Waals surface area contributed by atoms with Crippen molar-refractivity contribution in [1.29, 1.82) is 0 Å². The summed E-state index contributed by atoms with van der Waals surface area (Å²) < 4.78 is 75.2. The van der Waals surface area contributed by atoms with E-state index in [4.69, 9.17) is 27.1 Å². The van der Waals surface area contributed by atoms with E-state index in [9.17, 15) is 31.5 Å². The molecule has 0 aliphatic carbocycles. The van der Waals surface area contributed by atoms with Crippen LogP contribution in [0.2, 0.25) is 5.02 Å². The zero-order valence-corrected chi connectivity index (χ0v) is 30.5. The maximum Gasteiger partial charge on any atom is 0.407 e. The molecule has 3 heterocycles. The second-order valence-electron chi connectivity index (χ2n) is 14.4. The number of nitrogens with two attached hydrogens (primary N) is 1. The first kappa shape index (κ1) is 39.2. The van der Waals surface area contributed by atoms with Crippen LogP contribution in [0.1, 0.15) is 83.9 Å². The fraction of sp³-hybridized carbons (Fsp3) is 0.429. The van der Waals surface area contributed by atoms with Crippen LogP contribution in [0.15, 0.2) is 66.2 Å². The molecule has 3 N–H and O–H groups in total. The molecule has 284 valence electrons. The number of hydrogen-bond donors (Lipinski definition) is 2. The van der Waals surface area contributed by atoms with E-state index in [0.29, 0.717) is 21.4 Å². The number of halogens is 6. The van der Waals surface area contributed by atoms with Crippen LogP contribution in [0.5, 0.6) is 0 Å². The average molecular weight is 764 g/mol.